The zero-order valence-electron chi connectivity index (χ0n) is 15.4. The lowest BCUT2D eigenvalue weighted by Crippen LogP contribution is -2.28. The highest BCUT2D eigenvalue weighted by Gasteiger charge is 2.08. The van der Waals surface area contributed by atoms with Crippen molar-refractivity contribution < 1.29 is 0 Å². The largest absolute Gasteiger partial charge is 0.399 e. The molecule has 0 spiro atoms. The Morgan fingerprint density at radius 3 is 2.38 bits per heavy atom. The van der Waals surface area contributed by atoms with Crippen molar-refractivity contribution in [3.8, 4) is 11.1 Å². The molecule has 5 N–H and O–H groups in total. The maximum absolute atomic E-state index is 11.6. The number of aromatic nitrogens is 2. The smallest absolute Gasteiger partial charge is 0.314 e. The highest BCUT2D eigenvalue weighted by molar-refractivity contribution is 8.00. The van der Waals surface area contributed by atoms with Crippen molar-refractivity contribution in [2.24, 2.45) is 0 Å². The van der Waals surface area contributed by atoms with E-state index in [-0.39, 0.29) is 0 Å². The maximum atomic E-state index is 11.6. The van der Waals surface area contributed by atoms with Gasteiger partial charge in [0, 0.05) is 21.8 Å². The van der Waals surface area contributed by atoms with Crippen LogP contribution in [0.4, 0.5) is 11.4 Å². The van der Waals surface area contributed by atoms with E-state index in [1.165, 1.54) is 11.9 Å². The van der Waals surface area contributed by atoms with E-state index in [1.54, 1.807) is 0 Å². The van der Waals surface area contributed by atoms with Gasteiger partial charge in [-0.25, -0.2) is 0 Å². The minimum atomic E-state index is -0.672. The molecule has 0 radical (unpaired) electrons. The van der Waals surface area contributed by atoms with Crippen molar-refractivity contribution in [3.63, 3.8) is 0 Å². The topological polar surface area (TPSA) is 104 Å². The number of nitrogens with two attached hydrogens (primary N) is 1. The third kappa shape index (κ3) is 4.01. The summed E-state index contributed by atoms with van der Waals surface area (Å²) >= 11 is 7.87. The second-order valence-corrected chi connectivity index (χ2v) is 7.85. The average Bonchev–Trinajstić information content (AvgIpc) is 2.68. The molecule has 29 heavy (non-hydrogen) atoms. The van der Waals surface area contributed by atoms with Crippen molar-refractivity contribution in [1.82, 2.24) is 9.97 Å². The number of anilines is 2. The molecule has 4 aromatic rings. The Balaban J connectivity index is 1.58. The minimum Gasteiger partial charge on any atom is -0.399 e. The number of halogens is 1. The Kier molecular flexibility index (Phi) is 5.08. The summed E-state index contributed by atoms with van der Waals surface area (Å²) in [7, 11) is 0. The molecule has 0 atom stereocenters. The second-order valence-electron chi connectivity index (χ2n) is 6.60. The van der Waals surface area contributed by atoms with Gasteiger partial charge in [0.15, 0.2) is 0 Å². The lowest BCUT2D eigenvalue weighted by atomic mass is 10.0. The fourth-order valence-electron chi connectivity index (χ4n) is 3.00. The van der Waals surface area contributed by atoms with Crippen molar-refractivity contribution in [1.29, 1.82) is 0 Å². The molecule has 146 valence electrons. The molecule has 0 amide bonds. The van der Waals surface area contributed by atoms with Crippen LogP contribution < -0.4 is 21.6 Å². The highest BCUT2D eigenvalue weighted by Crippen LogP contribution is 2.33. The van der Waals surface area contributed by atoms with Gasteiger partial charge in [-0.05, 0) is 66.4 Å². The fourth-order valence-corrected chi connectivity index (χ4v) is 4.04. The molecule has 0 bridgehead atoms. The van der Waals surface area contributed by atoms with Gasteiger partial charge in [0.05, 0.1) is 16.1 Å². The standard InChI is InChI=1S/C21H17ClN4O2S/c1-11-7-17-18(25-21(28)20(27)24-17)10-19(11)29-26-14-5-6-15(16(22)9-14)12-3-2-4-13(23)8-12/h2-10,26H,23H2,1H3,(H,24,27)(H,25,28). The number of hydrogen-bond donors (Lipinski definition) is 4. The first-order valence-electron chi connectivity index (χ1n) is 8.76. The summed E-state index contributed by atoms with van der Waals surface area (Å²) in [5.41, 5.74) is 10.0. The van der Waals surface area contributed by atoms with Crippen LogP contribution >= 0.6 is 23.5 Å². The van der Waals surface area contributed by atoms with Gasteiger partial charge in [0.1, 0.15) is 0 Å². The number of hydrogen-bond acceptors (Lipinski definition) is 5. The summed E-state index contributed by atoms with van der Waals surface area (Å²) in [6, 6.07) is 16.9. The van der Waals surface area contributed by atoms with E-state index in [9.17, 15) is 9.59 Å². The van der Waals surface area contributed by atoms with Crippen LogP contribution in [0.25, 0.3) is 22.2 Å². The summed E-state index contributed by atoms with van der Waals surface area (Å²) in [4.78, 5) is 29.1. The van der Waals surface area contributed by atoms with Crippen molar-refractivity contribution in [2.45, 2.75) is 11.8 Å². The van der Waals surface area contributed by atoms with Crippen LogP contribution in [0.5, 0.6) is 0 Å². The molecular weight excluding hydrogens is 408 g/mol. The maximum Gasteiger partial charge on any atom is 0.314 e. The zero-order valence-corrected chi connectivity index (χ0v) is 16.9. The van der Waals surface area contributed by atoms with Crippen LogP contribution in [0.15, 0.2) is 69.1 Å². The summed E-state index contributed by atoms with van der Waals surface area (Å²) in [6.07, 6.45) is 0. The van der Waals surface area contributed by atoms with Gasteiger partial charge in [0.25, 0.3) is 0 Å². The van der Waals surface area contributed by atoms with Gasteiger partial charge in [-0.1, -0.05) is 29.8 Å². The van der Waals surface area contributed by atoms with Crippen LogP contribution in [0, 0.1) is 6.92 Å². The third-order valence-electron chi connectivity index (χ3n) is 4.46. The molecule has 0 aliphatic heterocycles. The molecule has 1 aromatic heterocycles. The summed E-state index contributed by atoms with van der Waals surface area (Å²) in [5.74, 6) is 0. The Morgan fingerprint density at radius 1 is 0.966 bits per heavy atom. The monoisotopic (exact) mass is 424 g/mol. The van der Waals surface area contributed by atoms with Gasteiger partial charge in [-0.15, -0.1) is 0 Å². The number of aryl methyl sites for hydroxylation is 1. The van der Waals surface area contributed by atoms with E-state index in [2.05, 4.69) is 14.7 Å². The van der Waals surface area contributed by atoms with Gasteiger partial charge >= 0.3 is 11.1 Å². The number of rotatable bonds is 4. The van der Waals surface area contributed by atoms with Crippen molar-refractivity contribution in [3.05, 3.63) is 85.9 Å². The third-order valence-corrected chi connectivity index (χ3v) is 5.77. The molecule has 0 saturated heterocycles. The quantitative estimate of drug-likeness (QED) is 0.218. The first-order chi connectivity index (χ1) is 13.9. The highest BCUT2D eigenvalue weighted by atomic mass is 35.5. The number of fused-ring (bicyclic) bond motifs is 1. The summed E-state index contributed by atoms with van der Waals surface area (Å²) in [5, 5.41) is 0.610. The molecule has 6 nitrogen and oxygen atoms in total. The molecule has 0 saturated carbocycles. The molecule has 0 unspecified atom stereocenters. The molecule has 8 heteroatoms. The van der Waals surface area contributed by atoms with Gasteiger partial charge in [0.2, 0.25) is 0 Å². The molecule has 1 heterocycles. The molecule has 3 aromatic carbocycles. The number of benzene rings is 3. The minimum absolute atomic E-state index is 0.569. The van der Waals surface area contributed by atoms with E-state index in [4.69, 9.17) is 17.3 Å². The predicted molar refractivity (Wildman–Crippen MR) is 121 cm³/mol. The van der Waals surface area contributed by atoms with Crippen molar-refractivity contribution in [2.75, 3.05) is 10.5 Å². The van der Waals surface area contributed by atoms with E-state index >= 15 is 0 Å². The predicted octanol–water partition coefficient (Wildman–Crippen LogP) is 4.55. The molecule has 0 aliphatic carbocycles. The van der Waals surface area contributed by atoms with Crippen molar-refractivity contribution >= 4 is 46.0 Å². The van der Waals surface area contributed by atoms with Crippen LogP contribution in [0.3, 0.4) is 0 Å². The van der Waals surface area contributed by atoms with Crippen LogP contribution in [0.1, 0.15) is 5.56 Å². The van der Waals surface area contributed by atoms with Gasteiger partial charge in [-0.2, -0.15) is 0 Å². The number of nitrogens with one attached hydrogen (secondary N) is 3. The summed E-state index contributed by atoms with van der Waals surface area (Å²) < 4.78 is 3.27. The Hall–Kier alpha value is -3.16. The second kappa shape index (κ2) is 7.69. The lowest BCUT2D eigenvalue weighted by molar-refractivity contribution is 1.13. The summed E-state index contributed by atoms with van der Waals surface area (Å²) in [6.45, 7) is 1.93. The molecule has 0 aliphatic rings. The first kappa shape index (κ1) is 19.2. The molecule has 4 rings (SSSR count). The first-order valence-corrected chi connectivity index (χ1v) is 9.95. The van der Waals surface area contributed by atoms with Crippen LogP contribution in [-0.2, 0) is 0 Å². The van der Waals surface area contributed by atoms with Crippen LogP contribution in [-0.4, -0.2) is 9.97 Å². The lowest BCUT2D eigenvalue weighted by Gasteiger charge is -2.11. The van der Waals surface area contributed by atoms with E-state index in [0.717, 1.165) is 27.3 Å². The number of aromatic amines is 2. The zero-order chi connectivity index (χ0) is 20.5. The molecular formula is C21H17ClN4O2S. The van der Waals surface area contributed by atoms with E-state index in [0.29, 0.717) is 21.7 Å². The van der Waals surface area contributed by atoms with Gasteiger partial charge in [-0.3, -0.25) is 9.59 Å². The Bertz CT molecular complexity index is 1350. The average molecular weight is 425 g/mol. The van der Waals surface area contributed by atoms with E-state index in [1.807, 2.05) is 61.5 Å². The molecule has 0 fully saturated rings. The number of H-pyrrole nitrogens is 2. The van der Waals surface area contributed by atoms with E-state index < -0.39 is 11.1 Å². The SMILES string of the molecule is Cc1cc2[nH]c(=O)c(=O)[nH]c2cc1SNc1ccc(-c2cccc(N)c2)c(Cl)c1. The Morgan fingerprint density at radius 2 is 1.69 bits per heavy atom. The van der Waals surface area contributed by atoms with Gasteiger partial charge < -0.3 is 20.4 Å². The Labute approximate surface area is 175 Å². The van der Waals surface area contributed by atoms with Crippen LogP contribution in [0.2, 0.25) is 5.02 Å². The fraction of sp³-hybridized carbons (Fsp3) is 0.0476. The normalized spacial score (nSPS) is 11.0. The number of nitrogen functional groups attached to an aromatic ring is 1.